The van der Waals surface area contributed by atoms with Gasteiger partial charge in [-0.1, -0.05) is 29.8 Å². The summed E-state index contributed by atoms with van der Waals surface area (Å²) in [6, 6.07) is 12.0. The zero-order valence-electron chi connectivity index (χ0n) is 11.0. The van der Waals surface area contributed by atoms with Crippen molar-refractivity contribution in [2.24, 2.45) is 5.73 Å². The second-order valence-corrected chi connectivity index (χ2v) is 5.23. The molecule has 5 heteroatoms. The van der Waals surface area contributed by atoms with Gasteiger partial charge in [-0.15, -0.1) is 0 Å². The Morgan fingerprint density at radius 2 is 1.90 bits per heavy atom. The zero-order valence-corrected chi connectivity index (χ0v) is 11.8. The van der Waals surface area contributed by atoms with Gasteiger partial charge in [-0.2, -0.15) is 0 Å². The molecule has 0 saturated heterocycles. The van der Waals surface area contributed by atoms with Gasteiger partial charge in [0.1, 0.15) is 0 Å². The summed E-state index contributed by atoms with van der Waals surface area (Å²) in [7, 11) is 0. The van der Waals surface area contributed by atoms with Crippen molar-refractivity contribution in [1.82, 2.24) is 0 Å². The minimum Gasteiger partial charge on any atom is -0.324 e. The molecule has 2 aromatic rings. The molecule has 0 saturated carbocycles. The number of nitrogens with two attached hydrogens (primary N) is 1. The van der Waals surface area contributed by atoms with Gasteiger partial charge in [-0.25, -0.2) is 0 Å². The third-order valence-corrected chi connectivity index (χ3v) is 3.31. The molecule has 0 aliphatic heterocycles. The van der Waals surface area contributed by atoms with Crippen molar-refractivity contribution in [3.8, 4) is 0 Å². The molecule has 0 amide bonds. The Kier molecular flexibility index (Phi) is 4.37. The number of hydrogen-bond donors (Lipinski definition) is 1. The summed E-state index contributed by atoms with van der Waals surface area (Å²) in [5, 5.41) is 11.3. The normalized spacial score (nSPS) is 12.2. The summed E-state index contributed by atoms with van der Waals surface area (Å²) in [5.41, 5.74) is 9.24. The number of nitrogens with zero attached hydrogens (tertiary/aromatic N) is 1. The molecule has 1 unspecified atom stereocenters. The highest BCUT2D eigenvalue weighted by Gasteiger charge is 2.10. The molecule has 2 aromatic carbocycles. The molecule has 2 rings (SSSR count). The first-order valence-corrected chi connectivity index (χ1v) is 6.59. The topological polar surface area (TPSA) is 69.2 Å². The van der Waals surface area contributed by atoms with Crippen LogP contribution < -0.4 is 5.73 Å². The number of hydrogen-bond acceptors (Lipinski definition) is 3. The molecular weight excluding hydrogens is 276 g/mol. The Labute approximate surface area is 122 Å². The lowest BCUT2D eigenvalue weighted by atomic mass is 9.98. The standard InChI is InChI=1S/C15H15ClN2O2/c1-10-6-12(9-13(16)7-10)15(17)8-11-2-4-14(5-3-11)18(19)20/h2-7,9,15H,8,17H2,1H3. The first-order chi connectivity index (χ1) is 9.45. The highest BCUT2D eigenvalue weighted by atomic mass is 35.5. The van der Waals surface area contributed by atoms with Gasteiger partial charge in [0.05, 0.1) is 4.92 Å². The van der Waals surface area contributed by atoms with Gasteiger partial charge in [0.25, 0.3) is 5.69 Å². The molecule has 0 bridgehead atoms. The van der Waals surface area contributed by atoms with Gasteiger partial charge in [-0.3, -0.25) is 10.1 Å². The smallest absolute Gasteiger partial charge is 0.269 e. The van der Waals surface area contributed by atoms with E-state index in [2.05, 4.69) is 0 Å². The molecule has 0 aliphatic carbocycles. The van der Waals surface area contributed by atoms with Crippen molar-refractivity contribution in [2.45, 2.75) is 19.4 Å². The Bertz CT molecular complexity index is 606. The van der Waals surface area contributed by atoms with Crippen LogP contribution in [-0.4, -0.2) is 4.92 Å². The maximum atomic E-state index is 10.6. The number of non-ortho nitro benzene ring substituents is 1. The third kappa shape index (κ3) is 3.56. The van der Waals surface area contributed by atoms with Crippen LogP contribution in [0.15, 0.2) is 42.5 Å². The minimum atomic E-state index is -0.413. The fourth-order valence-electron chi connectivity index (χ4n) is 2.10. The average molecular weight is 291 g/mol. The second-order valence-electron chi connectivity index (χ2n) is 4.80. The largest absolute Gasteiger partial charge is 0.324 e. The quantitative estimate of drug-likeness (QED) is 0.688. The molecule has 0 fully saturated rings. The first kappa shape index (κ1) is 14.5. The first-order valence-electron chi connectivity index (χ1n) is 6.21. The van der Waals surface area contributed by atoms with E-state index in [-0.39, 0.29) is 11.7 Å². The molecule has 0 heterocycles. The molecule has 0 aromatic heterocycles. The second kappa shape index (κ2) is 6.03. The van der Waals surface area contributed by atoms with Gasteiger partial charge in [0, 0.05) is 23.2 Å². The zero-order chi connectivity index (χ0) is 14.7. The lowest BCUT2D eigenvalue weighted by Crippen LogP contribution is -2.13. The van der Waals surface area contributed by atoms with E-state index in [4.69, 9.17) is 17.3 Å². The molecule has 4 nitrogen and oxygen atoms in total. The van der Waals surface area contributed by atoms with Gasteiger partial charge in [0.15, 0.2) is 0 Å². The maximum absolute atomic E-state index is 10.6. The Morgan fingerprint density at radius 3 is 2.45 bits per heavy atom. The molecule has 20 heavy (non-hydrogen) atoms. The number of nitro benzene ring substituents is 1. The summed E-state index contributed by atoms with van der Waals surface area (Å²) < 4.78 is 0. The maximum Gasteiger partial charge on any atom is 0.269 e. The number of benzene rings is 2. The SMILES string of the molecule is Cc1cc(Cl)cc(C(N)Cc2ccc([N+](=O)[O-])cc2)c1. The molecule has 0 radical (unpaired) electrons. The predicted molar refractivity (Wildman–Crippen MR) is 79.9 cm³/mol. The molecular formula is C15H15ClN2O2. The average Bonchev–Trinajstić information content (AvgIpc) is 2.38. The van der Waals surface area contributed by atoms with Crippen molar-refractivity contribution in [3.05, 3.63) is 74.3 Å². The van der Waals surface area contributed by atoms with Crippen molar-refractivity contribution < 1.29 is 4.92 Å². The van der Waals surface area contributed by atoms with Crippen LogP contribution >= 0.6 is 11.6 Å². The van der Waals surface area contributed by atoms with E-state index in [0.717, 1.165) is 16.7 Å². The third-order valence-electron chi connectivity index (χ3n) is 3.10. The van der Waals surface area contributed by atoms with Crippen molar-refractivity contribution in [3.63, 3.8) is 0 Å². The predicted octanol–water partition coefficient (Wildman–Crippen LogP) is 3.80. The van der Waals surface area contributed by atoms with Crippen LogP contribution in [0, 0.1) is 17.0 Å². The Hall–Kier alpha value is -1.91. The van der Waals surface area contributed by atoms with Crippen molar-refractivity contribution in [2.75, 3.05) is 0 Å². The van der Waals surface area contributed by atoms with Gasteiger partial charge >= 0.3 is 0 Å². The van der Waals surface area contributed by atoms with Gasteiger partial charge in [0.2, 0.25) is 0 Å². The monoisotopic (exact) mass is 290 g/mol. The van der Waals surface area contributed by atoms with Gasteiger partial charge in [-0.05, 0) is 42.2 Å². The minimum absolute atomic E-state index is 0.0842. The van der Waals surface area contributed by atoms with E-state index >= 15 is 0 Å². The van der Waals surface area contributed by atoms with Crippen LogP contribution in [-0.2, 0) is 6.42 Å². The molecule has 2 N–H and O–H groups in total. The molecule has 0 spiro atoms. The summed E-state index contributed by atoms with van der Waals surface area (Å²) in [4.78, 5) is 10.2. The van der Waals surface area contributed by atoms with E-state index in [1.54, 1.807) is 12.1 Å². The van der Waals surface area contributed by atoms with Gasteiger partial charge < -0.3 is 5.73 Å². The summed E-state index contributed by atoms with van der Waals surface area (Å²) in [6.45, 7) is 1.97. The number of halogens is 1. The van der Waals surface area contributed by atoms with Crippen LogP contribution in [0.25, 0.3) is 0 Å². The van der Waals surface area contributed by atoms with Crippen LogP contribution in [0.4, 0.5) is 5.69 Å². The fourth-order valence-corrected chi connectivity index (χ4v) is 2.40. The Morgan fingerprint density at radius 1 is 1.25 bits per heavy atom. The van der Waals surface area contributed by atoms with E-state index in [1.807, 2.05) is 25.1 Å². The van der Waals surface area contributed by atoms with E-state index in [9.17, 15) is 10.1 Å². The van der Waals surface area contributed by atoms with Crippen LogP contribution in [0.2, 0.25) is 5.02 Å². The van der Waals surface area contributed by atoms with E-state index in [0.29, 0.717) is 11.4 Å². The van der Waals surface area contributed by atoms with Crippen LogP contribution in [0.5, 0.6) is 0 Å². The van der Waals surface area contributed by atoms with E-state index < -0.39 is 4.92 Å². The van der Waals surface area contributed by atoms with Crippen molar-refractivity contribution in [1.29, 1.82) is 0 Å². The lowest BCUT2D eigenvalue weighted by Gasteiger charge is -2.13. The number of nitro groups is 1. The summed E-state index contributed by atoms with van der Waals surface area (Å²) in [5.74, 6) is 0. The lowest BCUT2D eigenvalue weighted by molar-refractivity contribution is -0.384. The number of aryl methyl sites for hydroxylation is 1. The van der Waals surface area contributed by atoms with Crippen molar-refractivity contribution >= 4 is 17.3 Å². The fraction of sp³-hybridized carbons (Fsp3) is 0.200. The number of rotatable bonds is 4. The Balaban J connectivity index is 2.14. The molecule has 104 valence electrons. The highest BCUT2D eigenvalue weighted by molar-refractivity contribution is 6.30. The molecule has 0 aliphatic rings. The highest BCUT2D eigenvalue weighted by Crippen LogP contribution is 2.22. The summed E-state index contributed by atoms with van der Waals surface area (Å²) in [6.07, 6.45) is 0.609. The molecule has 1 atom stereocenters. The van der Waals surface area contributed by atoms with E-state index in [1.165, 1.54) is 12.1 Å². The summed E-state index contributed by atoms with van der Waals surface area (Å²) >= 11 is 6.02. The van der Waals surface area contributed by atoms with Crippen LogP contribution in [0.1, 0.15) is 22.7 Å². The van der Waals surface area contributed by atoms with Crippen LogP contribution in [0.3, 0.4) is 0 Å².